The zero-order chi connectivity index (χ0) is 16.9. The lowest BCUT2D eigenvalue weighted by molar-refractivity contribution is 0.235. The standard InChI is InChI=1S/C17H21FN2O4/c18-14-6-12(8-21)16(13(7-14)9-22)23-10-15-19-17(24-20-15)11-4-2-1-3-5-11/h6-7,11,21-22H,1-5,8-10H2. The van der Waals surface area contributed by atoms with Crippen LogP contribution in [0.5, 0.6) is 5.75 Å². The number of halogens is 1. The summed E-state index contributed by atoms with van der Waals surface area (Å²) in [5.74, 6) is 1.07. The van der Waals surface area contributed by atoms with E-state index in [2.05, 4.69) is 10.1 Å². The van der Waals surface area contributed by atoms with E-state index < -0.39 is 5.82 Å². The van der Waals surface area contributed by atoms with Crippen molar-refractivity contribution < 1.29 is 23.9 Å². The van der Waals surface area contributed by atoms with Gasteiger partial charge in [-0.25, -0.2) is 4.39 Å². The summed E-state index contributed by atoms with van der Waals surface area (Å²) >= 11 is 0. The quantitative estimate of drug-likeness (QED) is 0.843. The normalized spacial score (nSPS) is 15.6. The molecule has 130 valence electrons. The van der Waals surface area contributed by atoms with Crippen molar-refractivity contribution in [3.05, 3.63) is 40.8 Å². The average Bonchev–Trinajstić information content (AvgIpc) is 3.09. The molecule has 1 fully saturated rings. The Bertz CT molecular complexity index is 658. The number of benzene rings is 1. The van der Waals surface area contributed by atoms with Crippen molar-refractivity contribution >= 4 is 0 Å². The Morgan fingerprint density at radius 1 is 1.12 bits per heavy atom. The van der Waals surface area contributed by atoms with Crippen LogP contribution in [0, 0.1) is 5.82 Å². The SMILES string of the molecule is OCc1cc(F)cc(CO)c1OCc1noc(C2CCCCC2)n1. The number of nitrogens with zero attached hydrogens (tertiary/aromatic N) is 2. The molecular weight excluding hydrogens is 315 g/mol. The van der Waals surface area contributed by atoms with Crippen molar-refractivity contribution in [2.45, 2.75) is 57.8 Å². The largest absolute Gasteiger partial charge is 0.485 e. The Balaban J connectivity index is 1.71. The first kappa shape index (κ1) is 16.9. The van der Waals surface area contributed by atoms with Gasteiger partial charge in [0.1, 0.15) is 11.6 Å². The van der Waals surface area contributed by atoms with Gasteiger partial charge in [-0.3, -0.25) is 0 Å². The van der Waals surface area contributed by atoms with E-state index in [1.165, 1.54) is 31.4 Å². The Hall–Kier alpha value is -1.99. The van der Waals surface area contributed by atoms with Gasteiger partial charge in [0.2, 0.25) is 11.7 Å². The van der Waals surface area contributed by atoms with Crippen molar-refractivity contribution in [1.82, 2.24) is 10.1 Å². The first-order valence-corrected chi connectivity index (χ1v) is 8.19. The van der Waals surface area contributed by atoms with E-state index in [-0.39, 0.29) is 36.7 Å². The monoisotopic (exact) mass is 336 g/mol. The van der Waals surface area contributed by atoms with Gasteiger partial charge < -0.3 is 19.5 Å². The van der Waals surface area contributed by atoms with Gasteiger partial charge in [-0.2, -0.15) is 4.98 Å². The summed E-state index contributed by atoms with van der Waals surface area (Å²) < 4.78 is 24.4. The fourth-order valence-electron chi connectivity index (χ4n) is 3.11. The molecule has 2 aromatic rings. The molecule has 7 heteroatoms. The van der Waals surface area contributed by atoms with Crippen LogP contribution in [0.25, 0.3) is 0 Å². The van der Waals surface area contributed by atoms with E-state index in [4.69, 9.17) is 9.26 Å². The number of aliphatic hydroxyl groups excluding tert-OH is 2. The third kappa shape index (κ3) is 3.73. The molecule has 0 amide bonds. The molecule has 1 aromatic carbocycles. The third-order valence-electron chi connectivity index (χ3n) is 4.33. The smallest absolute Gasteiger partial charge is 0.229 e. The maximum absolute atomic E-state index is 13.4. The van der Waals surface area contributed by atoms with Gasteiger partial charge in [0, 0.05) is 17.0 Å². The molecule has 3 rings (SSSR count). The summed E-state index contributed by atoms with van der Waals surface area (Å²) in [6.07, 6.45) is 5.72. The molecule has 1 saturated carbocycles. The molecule has 0 unspecified atom stereocenters. The second-order valence-electron chi connectivity index (χ2n) is 6.04. The molecule has 0 bridgehead atoms. The number of rotatable bonds is 6. The van der Waals surface area contributed by atoms with Crippen LogP contribution in [0.3, 0.4) is 0 Å². The van der Waals surface area contributed by atoms with Crippen LogP contribution in [0.2, 0.25) is 0 Å². The summed E-state index contributed by atoms with van der Waals surface area (Å²) in [5.41, 5.74) is 0.546. The Morgan fingerprint density at radius 2 is 1.79 bits per heavy atom. The van der Waals surface area contributed by atoms with Crippen LogP contribution in [0.15, 0.2) is 16.7 Å². The molecule has 1 heterocycles. The summed E-state index contributed by atoms with van der Waals surface area (Å²) in [6.45, 7) is -0.749. The van der Waals surface area contributed by atoms with Crippen molar-refractivity contribution in [3.8, 4) is 5.75 Å². The second-order valence-corrected chi connectivity index (χ2v) is 6.04. The molecule has 1 aliphatic carbocycles. The highest BCUT2D eigenvalue weighted by Crippen LogP contribution is 2.32. The summed E-state index contributed by atoms with van der Waals surface area (Å²) in [4.78, 5) is 4.38. The van der Waals surface area contributed by atoms with E-state index in [9.17, 15) is 14.6 Å². The van der Waals surface area contributed by atoms with E-state index >= 15 is 0 Å². The van der Waals surface area contributed by atoms with Crippen molar-refractivity contribution in [3.63, 3.8) is 0 Å². The first-order valence-electron chi connectivity index (χ1n) is 8.19. The summed E-state index contributed by atoms with van der Waals surface area (Å²) in [5, 5.41) is 22.6. The lowest BCUT2D eigenvalue weighted by Gasteiger charge is -2.17. The number of hydrogen-bond acceptors (Lipinski definition) is 6. The summed E-state index contributed by atoms with van der Waals surface area (Å²) in [7, 11) is 0. The van der Waals surface area contributed by atoms with Crippen molar-refractivity contribution in [2.24, 2.45) is 0 Å². The lowest BCUT2D eigenvalue weighted by Crippen LogP contribution is -2.06. The highest BCUT2D eigenvalue weighted by molar-refractivity contribution is 5.41. The minimum absolute atomic E-state index is 0.0296. The van der Waals surface area contributed by atoms with E-state index in [1.54, 1.807) is 0 Å². The van der Waals surface area contributed by atoms with E-state index in [0.717, 1.165) is 12.8 Å². The van der Waals surface area contributed by atoms with E-state index in [0.29, 0.717) is 17.6 Å². The minimum Gasteiger partial charge on any atom is -0.485 e. The van der Waals surface area contributed by atoms with Gasteiger partial charge in [0.25, 0.3) is 0 Å². The molecule has 0 atom stereocenters. The van der Waals surface area contributed by atoms with Gasteiger partial charge in [-0.15, -0.1) is 0 Å². The third-order valence-corrected chi connectivity index (χ3v) is 4.33. The van der Waals surface area contributed by atoms with Crippen LogP contribution in [-0.2, 0) is 19.8 Å². The average molecular weight is 336 g/mol. The van der Waals surface area contributed by atoms with Crippen LogP contribution < -0.4 is 4.74 Å². The van der Waals surface area contributed by atoms with Crippen LogP contribution >= 0.6 is 0 Å². The van der Waals surface area contributed by atoms with Gasteiger partial charge in [0.05, 0.1) is 13.2 Å². The molecule has 1 aliphatic rings. The summed E-state index contributed by atoms with van der Waals surface area (Å²) in [6, 6.07) is 2.36. The zero-order valence-electron chi connectivity index (χ0n) is 13.4. The minimum atomic E-state index is -0.533. The molecule has 24 heavy (non-hydrogen) atoms. The molecule has 0 saturated heterocycles. The van der Waals surface area contributed by atoms with E-state index in [1.807, 2.05) is 0 Å². The van der Waals surface area contributed by atoms with Gasteiger partial charge >= 0.3 is 0 Å². The van der Waals surface area contributed by atoms with Crippen molar-refractivity contribution in [2.75, 3.05) is 0 Å². The van der Waals surface area contributed by atoms with Crippen LogP contribution in [-0.4, -0.2) is 20.4 Å². The number of aliphatic hydroxyl groups is 2. The maximum atomic E-state index is 13.4. The van der Waals surface area contributed by atoms with Crippen LogP contribution in [0.4, 0.5) is 4.39 Å². The fourth-order valence-corrected chi connectivity index (χ4v) is 3.11. The Kier molecular flexibility index (Phi) is 5.42. The molecule has 0 spiro atoms. The first-order chi connectivity index (χ1) is 11.7. The predicted octanol–water partition coefficient (Wildman–Crippen LogP) is 2.82. The second kappa shape index (κ2) is 7.72. The number of aromatic nitrogens is 2. The molecule has 0 radical (unpaired) electrons. The molecule has 0 aliphatic heterocycles. The fraction of sp³-hybridized carbons (Fsp3) is 0.529. The molecular formula is C17H21FN2O4. The Morgan fingerprint density at radius 3 is 2.42 bits per heavy atom. The Labute approximate surface area is 139 Å². The number of ether oxygens (including phenoxy) is 1. The van der Waals surface area contributed by atoms with Gasteiger partial charge in [0.15, 0.2) is 6.61 Å². The van der Waals surface area contributed by atoms with Crippen molar-refractivity contribution in [1.29, 1.82) is 0 Å². The molecule has 1 aromatic heterocycles. The van der Waals surface area contributed by atoms with Gasteiger partial charge in [-0.1, -0.05) is 24.4 Å². The van der Waals surface area contributed by atoms with Crippen LogP contribution in [0.1, 0.15) is 60.9 Å². The predicted molar refractivity (Wildman–Crippen MR) is 82.7 cm³/mol. The topological polar surface area (TPSA) is 88.6 Å². The highest BCUT2D eigenvalue weighted by atomic mass is 19.1. The highest BCUT2D eigenvalue weighted by Gasteiger charge is 2.22. The lowest BCUT2D eigenvalue weighted by atomic mass is 9.89. The maximum Gasteiger partial charge on any atom is 0.229 e. The zero-order valence-corrected chi connectivity index (χ0v) is 13.4. The van der Waals surface area contributed by atoms with Gasteiger partial charge in [-0.05, 0) is 25.0 Å². The number of hydrogen-bond donors (Lipinski definition) is 2. The molecule has 2 N–H and O–H groups in total. The molecule has 6 nitrogen and oxygen atoms in total.